The van der Waals surface area contributed by atoms with Crippen molar-refractivity contribution in [1.82, 2.24) is 20.0 Å². The third kappa shape index (κ3) is 3.49. The van der Waals surface area contributed by atoms with Crippen LogP contribution in [-0.4, -0.2) is 59.1 Å². The van der Waals surface area contributed by atoms with Crippen LogP contribution in [0.15, 0.2) is 12.4 Å². The van der Waals surface area contributed by atoms with Gasteiger partial charge in [0.25, 0.3) is 0 Å². The summed E-state index contributed by atoms with van der Waals surface area (Å²) in [5, 5.41) is 6.69. The summed E-state index contributed by atoms with van der Waals surface area (Å²) in [6.45, 7) is 5.69. The lowest BCUT2D eigenvalue weighted by Gasteiger charge is -2.32. The Bertz CT molecular complexity index is 713. The van der Waals surface area contributed by atoms with Crippen molar-refractivity contribution >= 4 is 15.7 Å². The summed E-state index contributed by atoms with van der Waals surface area (Å²) in [6.07, 6.45) is 4.18. The van der Waals surface area contributed by atoms with E-state index in [-0.39, 0.29) is 29.5 Å². The second kappa shape index (κ2) is 6.48. The van der Waals surface area contributed by atoms with Crippen LogP contribution < -0.4 is 5.32 Å². The maximum atomic E-state index is 12.5. The van der Waals surface area contributed by atoms with Crippen molar-refractivity contribution in [3.8, 4) is 0 Å². The first-order valence-electron chi connectivity index (χ1n) is 8.48. The first kappa shape index (κ1) is 17.4. The molecule has 134 valence electrons. The van der Waals surface area contributed by atoms with Crippen LogP contribution in [0.4, 0.5) is 0 Å². The van der Waals surface area contributed by atoms with Gasteiger partial charge in [-0.25, -0.2) is 8.42 Å². The first-order chi connectivity index (χ1) is 11.3. The Hall–Kier alpha value is -1.41. The highest BCUT2D eigenvalue weighted by atomic mass is 32.2. The van der Waals surface area contributed by atoms with Gasteiger partial charge in [0.2, 0.25) is 5.91 Å². The van der Waals surface area contributed by atoms with Crippen molar-refractivity contribution in [2.75, 3.05) is 18.8 Å². The van der Waals surface area contributed by atoms with Gasteiger partial charge >= 0.3 is 0 Å². The van der Waals surface area contributed by atoms with Gasteiger partial charge in [0.15, 0.2) is 9.84 Å². The molecule has 0 unspecified atom stereocenters. The fourth-order valence-corrected chi connectivity index (χ4v) is 6.09. The fraction of sp³-hybridized carbons (Fsp3) is 0.750. The molecule has 1 N–H and O–H groups in total. The number of aryl methyl sites for hydroxylation is 1. The molecule has 1 amide bonds. The molecule has 0 saturated carbocycles. The quantitative estimate of drug-likeness (QED) is 0.834. The van der Waals surface area contributed by atoms with Crippen molar-refractivity contribution in [3.05, 3.63) is 18.0 Å². The van der Waals surface area contributed by atoms with Crippen molar-refractivity contribution < 1.29 is 13.2 Å². The Morgan fingerprint density at radius 2 is 2.17 bits per heavy atom. The molecular formula is C16H26N4O3S. The van der Waals surface area contributed by atoms with Crippen LogP contribution in [-0.2, 0) is 28.2 Å². The van der Waals surface area contributed by atoms with E-state index in [1.165, 1.54) is 0 Å². The van der Waals surface area contributed by atoms with E-state index in [4.69, 9.17) is 0 Å². The number of nitrogens with one attached hydrogen (secondary N) is 1. The number of carbonyl (C=O) groups is 1. The van der Waals surface area contributed by atoms with Gasteiger partial charge < -0.3 is 5.32 Å². The average Bonchev–Trinajstić information content (AvgIpc) is 3.05. The highest BCUT2D eigenvalue weighted by molar-refractivity contribution is 7.92. The number of hydrogen-bond donors (Lipinski definition) is 1. The van der Waals surface area contributed by atoms with E-state index in [1.54, 1.807) is 10.9 Å². The van der Waals surface area contributed by atoms with Crippen LogP contribution in [0.1, 0.15) is 25.8 Å². The molecule has 1 aromatic heterocycles. The summed E-state index contributed by atoms with van der Waals surface area (Å²) < 4.78 is 26.7. The zero-order valence-electron chi connectivity index (χ0n) is 14.5. The molecule has 2 fully saturated rings. The monoisotopic (exact) mass is 354 g/mol. The number of hydrogen-bond acceptors (Lipinski definition) is 5. The normalized spacial score (nSPS) is 29.6. The molecule has 2 aliphatic heterocycles. The average molecular weight is 354 g/mol. The maximum Gasteiger partial charge on any atom is 0.223 e. The molecule has 24 heavy (non-hydrogen) atoms. The van der Waals surface area contributed by atoms with Gasteiger partial charge in [0, 0.05) is 56.3 Å². The van der Waals surface area contributed by atoms with E-state index in [9.17, 15) is 13.2 Å². The Morgan fingerprint density at radius 3 is 2.79 bits per heavy atom. The molecule has 0 radical (unpaired) electrons. The largest absolute Gasteiger partial charge is 0.354 e. The molecule has 0 aromatic carbocycles. The topological polar surface area (TPSA) is 84.3 Å². The van der Waals surface area contributed by atoms with Crippen LogP contribution in [0.2, 0.25) is 0 Å². The minimum absolute atomic E-state index is 0.00173. The van der Waals surface area contributed by atoms with Crippen molar-refractivity contribution in [1.29, 1.82) is 0 Å². The summed E-state index contributed by atoms with van der Waals surface area (Å²) in [4.78, 5) is 14.6. The fourth-order valence-electron chi connectivity index (χ4n) is 3.96. The van der Waals surface area contributed by atoms with Crippen molar-refractivity contribution in [3.63, 3.8) is 0 Å². The van der Waals surface area contributed by atoms with Crippen molar-refractivity contribution in [2.45, 2.75) is 38.1 Å². The van der Waals surface area contributed by atoms with Crippen LogP contribution >= 0.6 is 0 Å². The summed E-state index contributed by atoms with van der Waals surface area (Å²) >= 11 is 0. The molecule has 0 spiro atoms. The summed E-state index contributed by atoms with van der Waals surface area (Å²) in [7, 11) is -1.25. The van der Waals surface area contributed by atoms with E-state index < -0.39 is 15.1 Å². The molecule has 2 aliphatic rings. The third-order valence-electron chi connectivity index (χ3n) is 5.01. The second-order valence-corrected chi connectivity index (χ2v) is 9.68. The molecule has 3 atom stereocenters. The molecule has 3 heterocycles. The van der Waals surface area contributed by atoms with E-state index in [0.29, 0.717) is 26.1 Å². The predicted molar refractivity (Wildman–Crippen MR) is 90.9 cm³/mol. The van der Waals surface area contributed by atoms with E-state index in [0.717, 1.165) is 5.56 Å². The van der Waals surface area contributed by atoms with Gasteiger partial charge in [0.05, 0.1) is 17.2 Å². The summed E-state index contributed by atoms with van der Waals surface area (Å²) in [5.41, 5.74) is 1.07. The maximum absolute atomic E-state index is 12.5. The lowest BCUT2D eigenvalue weighted by atomic mass is 9.87. The zero-order chi connectivity index (χ0) is 17.5. The van der Waals surface area contributed by atoms with E-state index in [2.05, 4.69) is 15.3 Å². The first-order valence-corrected chi connectivity index (χ1v) is 10.2. The minimum atomic E-state index is -3.12. The van der Waals surface area contributed by atoms with Gasteiger partial charge in [0.1, 0.15) is 0 Å². The van der Waals surface area contributed by atoms with Crippen molar-refractivity contribution in [2.24, 2.45) is 18.9 Å². The van der Waals surface area contributed by atoms with E-state index >= 15 is 0 Å². The Labute approximate surface area is 143 Å². The standard InChI is InChI=1S/C16H26N4O3S/c1-11(2)18-16(21)13-4-5-24(22,23)15-10-20(9-14(13)15)8-12-6-17-19(3)7-12/h6-7,11,13-15H,4-5,8-10H2,1-3H3,(H,18,21)/t13-,14+,15+/m0/s1. The molecule has 8 heteroatoms. The molecule has 0 aliphatic carbocycles. The van der Waals surface area contributed by atoms with Crippen LogP contribution in [0.3, 0.4) is 0 Å². The number of sulfone groups is 1. The molecule has 2 saturated heterocycles. The molecule has 1 aromatic rings. The minimum Gasteiger partial charge on any atom is -0.354 e. The van der Waals surface area contributed by atoms with Gasteiger partial charge in [-0.1, -0.05) is 0 Å². The third-order valence-corrected chi connectivity index (χ3v) is 7.23. The van der Waals surface area contributed by atoms with Crippen LogP contribution in [0.25, 0.3) is 0 Å². The van der Waals surface area contributed by atoms with Gasteiger partial charge in [-0.15, -0.1) is 0 Å². The van der Waals surface area contributed by atoms with Crippen LogP contribution in [0.5, 0.6) is 0 Å². The summed E-state index contributed by atoms with van der Waals surface area (Å²) in [6, 6.07) is 0.0717. The van der Waals surface area contributed by atoms with Crippen LogP contribution in [0, 0.1) is 11.8 Å². The second-order valence-electron chi connectivity index (χ2n) is 7.34. The SMILES string of the molecule is CC(C)NC(=O)[C@H]1CCS(=O)(=O)[C@@H]2CN(Cc3cnn(C)c3)C[C@H]12. The number of amides is 1. The number of rotatable bonds is 4. The molecule has 0 bridgehead atoms. The number of likely N-dealkylation sites (tertiary alicyclic amines) is 1. The smallest absolute Gasteiger partial charge is 0.223 e. The highest BCUT2D eigenvalue weighted by Crippen LogP contribution is 2.37. The van der Waals surface area contributed by atoms with Gasteiger partial charge in [-0.3, -0.25) is 14.4 Å². The predicted octanol–water partition coefficient (Wildman–Crippen LogP) is 0.180. The molecule has 7 nitrogen and oxygen atoms in total. The Kier molecular flexibility index (Phi) is 4.70. The zero-order valence-corrected chi connectivity index (χ0v) is 15.3. The number of nitrogens with zero attached hydrogens (tertiary/aromatic N) is 3. The lowest BCUT2D eigenvalue weighted by Crippen LogP contribution is -2.48. The van der Waals surface area contributed by atoms with E-state index in [1.807, 2.05) is 27.1 Å². The number of aromatic nitrogens is 2. The molecular weight excluding hydrogens is 328 g/mol. The lowest BCUT2D eigenvalue weighted by molar-refractivity contribution is -0.127. The van der Waals surface area contributed by atoms with Gasteiger partial charge in [-0.2, -0.15) is 5.10 Å². The highest BCUT2D eigenvalue weighted by Gasteiger charge is 2.50. The number of fused-ring (bicyclic) bond motifs is 1. The summed E-state index contributed by atoms with van der Waals surface area (Å²) in [5.74, 6) is -0.206. The Morgan fingerprint density at radius 1 is 1.42 bits per heavy atom. The van der Waals surface area contributed by atoms with Gasteiger partial charge in [-0.05, 0) is 20.3 Å². The number of carbonyl (C=O) groups excluding carboxylic acids is 1. The Balaban J connectivity index is 1.75. The molecule has 3 rings (SSSR count).